The van der Waals surface area contributed by atoms with Crippen LogP contribution in [0, 0.1) is 5.92 Å². The number of amides is 2. The minimum atomic E-state index is -0.256. The average Bonchev–Trinajstić information content (AvgIpc) is 3.15. The van der Waals surface area contributed by atoms with E-state index in [1.54, 1.807) is 48.8 Å². The second kappa shape index (κ2) is 8.67. The van der Waals surface area contributed by atoms with Gasteiger partial charge >= 0.3 is 0 Å². The predicted octanol–water partition coefficient (Wildman–Crippen LogP) is 2.92. The smallest absolute Gasteiger partial charge is 0.255 e. The summed E-state index contributed by atoms with van der Waals surface area (Å²) in [5, 5.41) is 5.79. The summed E-state index contributed by atoms with van der Waals surface area (Å²) in [6.07, 6.45) is 2.40. The number of aromatic nitrogens is 2. The Bertz CT molecular complexity index is 980. The van der Waals surface area contributed by atoms with Crippen molar-refractivity contribution in [3.05, 3.63) is 59.9 Å². The number of nitrogens with one attached hydrogen (secondary N) is 3. The Morgan fingerprint density at radius 3 is 2.64 bits per heavy atom. The highest BCUT2D eigenvalue weighted by atomic mass is 16.2. The lowest BCUT2D eigenvalue weighted by atomic mass is 10.0. The molecule has 7 heteroatoms. The zero-order chi connectivity index (χ0) is 20.1. The van der Waals surface area contributed by atoms with E-state index >= 15 is 0 Å². The quantitative estimate of drug-likeness (QED) is 0.505. The van der Waals surface area contributed by atoms with Gasteiger partial charge in [-0.1, -0.05) is 19.9 Å². The molecular formula is C21H25N5O2. The van der Waals surface area contributed by atoms with Crippen LogP contribution in [-0.2, 0) is 0 Å². The second-order valence-corrected chi connectivity index (χ2v) is 7.21. The van der Waals surface area contributed by atoms with E-state index in [4.69, 9.17) is 5.73 Å². The van der Waals surface area contributed by atoms with E-state index in [1.165, 1.54) is 0 Å². The van der Waals surface area contributed by atoms with Crippen molar-refractivity contribution in [1.29, 1.82) is 0 Å². The maximum Gasteiger partial charge on any atom is 0.255 e. The van der Waals surface area contributed by atoms with Gasteiger partial charge in [-0.25, -0.2) is 4.98 Å². The molecule has 3 aromatic rings. The average molecular weight is 379 g/mol. The number of rotatable bonds is 7. The van der Waals surface area contributed by atoms with Crippen LogP contribution in [0.1, 0.15) is 41.0 Å². The molecule has 5 N–H and O–H groups in total. The first-order valence-electron chi connectivity index (χ1n) is 9.31. The number of H-pyrrole nitrogens is 1. The monoisotopic (exact) mass is 379 g/mol. The summed E-state index contributed by atoms with van der Waals surface area (Å²) in [6, 6.07) is 12.0. The molecule has 0 saturated heterocycles. The fourth-order valence-corrected chi connectivity index (χ4v) is 3.07. The molecule has 0 bridgehead atoms. The summed E-state index contributed by atoms with van der Waals surface area (Å²) >= 11 is 0. The Balaban J connectivity index is 1.70. The minimum Gasteiger partial charge on any atom is -0.348 e. The highest BCUT2D eigenvalue weighted by Gasteiger charge is 2.15. The van der Waals surface area contributed by atoms with E-state index in [2.05, 4.69) is 34.4 Å². The van der Waals surface area contributed by atoms with Gasteiger partial charge in [0.05, 0.1) is 17.4 Å². The lowest BCUT2D eigenvalue weighted by molar-refractivity contribution is 0.0932. The minimum absolute atomic E-state index is 0.0770. The molecule has 0 saturated carbocycles. The molecule has 2 amide bonds. The molecule has 0 aliphatic rings. The summed E-state index contributed by atoms with van der Waals surface area (Å²) in [5.74, 6) is -0.0218. The molecule has 0 aliphatic carbocycles. The molecule has 3 rings (SSSR count). The number of imidazole rings is 1. The largest absolute Gasteiger partial charge is 0.348 e. The molecule has 28 heavy (non-hydrogen) atoms. The number of fused-ring (bicyclic) bond motifs is 1. The van der Waals surface area contributed by atoms with Crippen molar-refractivity contribution in [3.8, 4) is 0 Å². The zero-order valence-corrected chi connectivity index (χ0v) is 16.0. The summed E-state index contributed by atoms with van der Waals surface area (Å²) in [6.45, 7) is 4.56. The highest BCUT2D eigenvalue weighted by Crippen LogP contribution is 2.16. The van der Waals surface area contributed by atoms with Gasteiger partial charge in [0.2, 0.25) is 0 Å². The van der Waals surface area contributed by atoms with Crippen LogP contribution in [0.2, 0.25) is 0 Å². The van der Waals surface area contributed by atoms with Crippen LogP contribution < -0.4 is 16.4 Å². The topological polar surface area (TPSA) is 113 Å². The molecule has 1 aromatic heterocycles. The van der Waals surface area contributed by atoms with E-state index in [0.29, 0.717) is 29.3 Å². The van der Waals surface area contributed by atoms with Crippen molar-refractivity contribution in [1.82, 2.24) is 15.3 Å². The number of nitrogens with zero attached hydrogens (tertiary/aromatic N) is 1. The van der Waals surface area contributed by atoms with Crippen molar-refractivity contribution in [2.24, 2.45) is 11.7 Å². The number of aromatic amines is 1. The maximum absolute atomic E-state index is 12.5. The predicted molar refractivity (Wildman–Crippen MR) is 110 cm³/mol. The maximum atomic E-state index is 12.5. The van der Waals surface area contributed by atoms with Crippen LogP contribution >= 0.6 is 0 Å². The molecule has 2 aromatic carbocycles. The Kier molecular flexibility index (Phi) is 6.06. The highest BCUT2D eigenvalue weighted by molar-refractivity contribution is 6.06. The van der Waals surface area contributed by atoms with Gasteiger partial charge in [-0.15, -0.1) is 0 Å². The number of hydrogen-bond acceptors (Lipinski definition) is 4. The van der Waals surface area contributed by atoms with Crippen molar-refractivity contribution < 1.29 is 9.59 Å². The number of benzene rings is 2. The van der Waals surface area contributed by atoms with Gasteiger partial charge in [0.1, 0.15) is 0 Å². The third-order valence-electron chi connectivity index (χ3n) is 4.44. The Labute approximate surface area is 163 Å². The fourth-order valence-electron chi connectivity index (χ4n) is 3.07. The van der Waals surface area contributed by atoms with Crippen LogP contribution in [0.4, 0.5) is 5.69 Å². The number of nitrogens with two attached hydrogens (primary N) is 1. The van der Waals surface area contributed by atoms with E-state index in [0.717, 1.165) is 17.5 Å². The first-order chi connectivity index (χ1) is 13.5. The van der Waals surface area contributed by atoms with E-state index in [9.17, 15) is 9.59 Å². The van der Waals surface area contributed by atoms with Gasteiger partial charge < -0.3 is 21.4 Å². The Morgan fingerprint density at radius 1 is 1.11 bits per heavy atom. The first kappa shape index (κ1) is 19.6. The molecule has 7 nitrogen and oxygen atoms in total. The van der Waals surface area contributed by atoms with Gasteiger partial charge in [0.15, 0.2) is 0 Å². The molecular weight excluding hydrogens is 354 g/mol. The molecule has 1 unspecified atom stereocenters. The van der Waals surface area contributed by atoms with Gasteiger partial charge in [0.25, 0.3) is 11.8 Å². The molecule has 146 valence electrons. The van der Waals surface area contributed by atoms with Crippen molar-refractivity contribution in [3.63, 3.8) is 0 Å². The van der Waals surface area contributed by atoms with E-state index in [1.807, 2.05) is 0 Å². The number of carbonyl (C=O) groups is 2. The van der Waals surface area contributed by atoms with Crippen LogP contribution in [-0.4, -0.2) is 34.4 Å². The Morgan fingerprint density at radius 2 is 1.89 bits per heavy atom. The lowest BCUT2D eigenvalue weighted by Gasteiger charge is -2.19. The van der Waals surface area contributed by atoms with Gasteiger partial charge in [-0.05, 0) is 48.7 Å². The molecule has 1 heterocycles. The van der Waals surface area contributed by atoms with Gasteiger partial charge in [0, 0.05) is 29.4 Å². The number of anilines is 1. The van der Waals surface area contributed by atoms with Gasteiger partial charge in [-0.2, -0.15) is 0 Å². The molecule has 0 fully saturated rings. The molecule has 0 spiro atoms. The van der Waals surface area contributed by atoms with E-state index in [-0.39, 0.29) is 17.9 Å². The third-order valence-corrected chi connectivity index (χ3v) is 4.44. The number of hydrogen-bond donors (Lipinski definition) is 4. The van der Waals surface area contributed by atoms with Crippen LogP contribution in [0.3, 0.4) is 0 Å². The van der Waals surface area contributed by atoms with Crippen LogP contribution in [0.25, 0.3) is 11.0 Å². The van der Waals surface area contributed by atoms with Crippen LogP contribution in [0.15, 0.2) is 48.8 Å². The van der Waals surface area contributed by atoms with E-state index < -0.39 is 0 Å². The summed E-state index contributed by atoms with van der Waals surface area (Å²) in [7, 11) is 0. The third kappa shape index (κ3) is 4.75. The summed E-state index contributed by atoms with van der Waals surface area (Å²) < 4.78 is 0. The Hall–Kier alpha value is -3.19. The van der Waals surface area contributed by atoms with Crippen LogP contribution in [0.5, 0.6) is 0 Å². The van der Waals surface area contributed by atoms with Crippen molar-refractivity contribution in [2.75, 3.05) is 11.9 Å². The summed E-state index contributed by atoms with van der Waals surface area (Å²) in [5.41, 5.74) is 8.88. The molecule has 0 radical (unpaired) electrons. The molecule has 1 atom stereocenters. The SMILES string of the molecule is CC(C)CC(CN)NC(=O)c1cccc(NC(=O)c2ccc3nc[nH]c3c2)c1. The summed E-state index contributed by atoms with van der Waals surface area (Å²) in [4.78, 5) is 32.2. The number of carbonyl (C=O) groups excluding carboxylic acids is 2. The second-order valence-electron chi connectivity index (χ2n) is 7.21. The van der Waals surface area contributed by atoms with Crippen molar-refractivity contribution in [2.45, 2.75) is 26.3 Å². The lowest BCUT2D eigenvalue weighted by Crippen LogP contribution is -2.41. The standard InChI is InChI=1S/C21H25N5O2/c1-13(2)8-17(11-22)26-20(27)14-4-3-5-16(9-14)25-21(28)15-6-7-18-19(10-15)24-12-23-18/h3-7,9-10,12-13,17H,8,11,22H2,1-2H3,(H,23,24)(H,25,28)(H,26,27). The van der Waals surface area contributed by atoms with Gasteiger partial charge in [-0.3, -0.25) is 9.59 Å². The molecule has 0 aliphatic heterocycles. The fraction of sp³-hybridized carbons (Fsp3) is 0.286. The first-order valence-corrected chi connectivity index (χ1v) is 9.31. The zero-order valence-electron chi connectivity index (χ0n) is 16.0. The normalized spacial score (nSPS) is 12.1. The van der Waals surface area contributed by atoms with Crippen molar-refractivity contribution >= 4 is 28.5 Å².